The van der Waals surface area contributed by atoms with Crippen LogP contribution >= 0.6 is 0 Å². The largest absolute Gasteiger partial charge is 0.497 e. The van der Waals surface area contributed by atoms with Crippen LogP contribution < -0.4 is 14.8 Å². The van der Waals surface area contributed by atoms with Gasteiger partial charge in [-0.05, 0) is 55.3 Å². The van der Waals surface area contributed by atoms with Crippen molar-refractivity contribution < 1.29 is 27.5 Å². The fourth-order valence-corrected chi connectivity index (χ4v) is 3.58. The highest BCUT2D eigenvalue weighted by atomic mass is 32.2. The fourth-order valence-electron chi connectivity index (χ4n) is 2.39. The van der Waals surface area contributed by atoms with E-state index < -0.39 is 34.5 Å². The van der Waals surface area contributed by atoms with Crippen molar-refractivity contribution in [1.29, 1.82) is 0 Å². The highest BCUT2D eigenvalue weighted by Gasteiger charge is 2.23. The number of hydrogen-bond donors (Lipinski definition) is 2. The molecular weight excluding hydrogens is 396 g/mol. The van der Waals surface area contributed by atoms with Gasteiger partial charge in [-0.1, -0.05) is 19.1 Å². The Morgan fingerprint density at radius 1 is 1.03 bits per heavy atom. The number of ether oxygens (including phenoxy) is 2. The minimum Gasteiger partial charge on any atom is -0.497 e. The maximum atomic E-state index is 12.3. The quantitative estimate of drug-likeness (QED) is 0.601. The number of anilines is 1. The van der Waals surface area contributed by atoms with E-state index in [1.54, 1.807) is 12.1 Å². The first-order valence-electron chi connectivity index (χ1n) is 8.97. The van der Waals surface area contributed by atoms with E-state index in [1.165, 1.54) is 38.3 Å². The van der Waals surface area contributed by atoms with Gasteiger partial charge in [-0.3, -0.25) is 9.59 Å². The van der Waals surface area contributed by atoms with Crippen LogP contribution in [-0.2, 0) is 30.8 Å². The Morgan fingerprint density at radius 2 is 1.66 bits per heavy atom. The molecule has 2 aromatic rings. The lowest BCUT2D eigenvalue weighted by atomic mass is 10.1. The van der Waals surface area contributed by atoms with Crippen LogP contribution in [0.1, 0.15) is 19.4 Å². The standard InChI is InChI=1S/C20H24N2O6S/c1-4-15-5-7-16(8-6-15)21-19(23)13-28-20(24)14(2)22-29(25,26)18-11-9-17(27-3)10-12-18/h5-12,14,22H,4,13H2,1-3H3,(H,21,23)/t14-/m0/s1. The molecule has 2 N–H and O–H groups in total. The highest BCUT2D eigenvalue weighted by Crippen LogP contribution is 2.16. The third-order valence-corrected chi connectivity index (χ3v) is 5.60. The number of methoxy groups -OCH3 is 1. The van der Waals surface area contributed by atoms with Crippen LogP contribution in [0, 0.1) is 0 Å². The SMILES string of the molecule is CCc1ccc(NC(=O)COC(=O)[C@H](C)NS(=O)(=O)c2ccc(OC)cc2)cc1. The number of hydrogen-bond acceptors (Lipinski definition) is 6. The summed E-state index contributed by atoms with van der Waals surface area (Å²) in [6.45, 7) is 2.84. The Morgan fingerprint density at radius 3 is 2.21 bits per heavy atom. The summed E-state index contributed by atoms with van der Waals surface area (Å²) >= 11 is 0. The molecular formula is C20H24N2O6S. The van der Waals surface area contributed by atoms with Crippen molar-refractivity contribution in [1.82, 2.24) is 4.72 Å². The first-order chi connectivity index (χ1) is 13.7. The van der Waals surface area contributed by atoms with E-state index in [0.29, 0.717) is 11.4 Å². The van der Waals surface area contributed by atoms with Crippen molar-refractivity contribution in [2.45, 2.75) is 31.2 Å². The van der Waals surface area contributed by atoms with E-state index >= 15 is 0 Å². The zero-order chi connectivity index (χ0) is 21.4. The molecule has 0 heterocycles. The molecule has 8 nitrogen and oxygen atoms in total. The number of aryl methyl sites for hydroxylation is 1. The summed E-state index contributed by atoms with van der Waals surface area (Å²) in [4.78, 5) is 23.9. The molecule has 0 aliphatic carbocycles. The summed E-state index contributed by atoms with van der Waals surface area (Å²) in [7, 11) is -2.46. The van der Waals surface area contributed by atoms with Crippen molar-refractivity contribution in [2.24, 2.45) is 0 Å². The second-order valence-corrected chi connectivity index (χ2v) is 7.94. The van der Waals surface area contributed by atoms with E-state index in [9.17, 15) is 18.0 Å². The van der Waals surface area contributed by atoms with Gasteiger partial charge in [0, 0.05) is 5.69 Å². The minimum atomic E-state index is -3.93. The Bertz CT molecular complexity index is 940. The zero-order valence-corrected chi connectivity index (χ0v) is 17.3. The maximum Gasteiger partial charge on any atom is 0.324 e. The number of carbonyl (C=O) groups is 2. The summed E-state index contributed by atoms with van der Waals surface area (Å²) in [5, 5.41) is 2.61. The number of carbonyl (C=O) groups excluding carboxylic acids is 2. The molecule has 0 aliphatic rings. The van der Waals surface area contributed by atoms with Crippen LogP contribution in [0.25, 0.3) is 0 Å². The average molecular weight is 420 g/mol. The Kier molecular flexibility index (Phi) is 7.74. The lowest BCUT2D eigenvalue weighted by molar-refractivity contribution is -0.148. The lowest BCUT2D eigenvalue weighted by Crippen LogP contribution is -2.40. The lowest BCUT2D eigenvalue weighted by Gasteiger charge is -2.14. The second kappa shape index (κ2) is 10.0. The van der Waals surface area contributed by atoms with Gasteiger partial charge in [0.25, 0.3) is 5.91 Å². The number of esters is 1. The Hall–Kier alpha value is -2.91. The molecule has 0 aromatic heterocycles. The molecule has 0 saturated carbocycles. The third kappa shape index (κ3) is 6.58. The summed E-state index contributed by atoms with van der Waals surface area (Å²) in [5.41, 5.74) is 1.71. The second-order valence-electron chi connectivity index (χ2n) is 6.22. The van der Waals surface area contributed by atoms with Crippen LogP contribution in [0.3, 0.4) is 0 Å². The molecule has 2 rings (SSSR count). The van der Waals surface area contributed by atoms with Gasteiger partial charge < -0.3 is 14.8 Å². The van der Waals surface area contributed by atoms with Crippen molar-refractivity contribution in [2.75, 3.05) is 19.0 Å². The van der Waals surface area contributed by atoms with Gasteiger partial charge in [0.2, 0.25) is 10.0 Å². The number of nitrogens with one attached hydrogen (secondary N) is 2. The number of sulfonamides is 1. The predicted octanol–water partition coefficient (Wildman–Crippen LogP) is 2.11. The van der Waals surface area contributed by atoms with E-state index in [2.05, 4.69) is 10.0 Å². The molecule has 29 heavy (non-hydrogen) atoms. The van der Waals surface area contributed by atoms with Crippen LogP contribution in [-0.4, -0.2) is 40.1 Å². The van der Waals surface area contributed by atoms with Crippen LogP contribution in [0.4, 0.5) is 5.69 Å². The van der Waals surface area contributed by atoms with E-state index in [4.69, 9.17) is 9.47 Å². The van der Waals surface area contributed by atoms with Gasteiger partial charge in [0.05, 0.1) is 12.0 Å². The van der Waals surface area contributed by atoms with Gasteiger partial charge in [0.1, 0.15) is 11.8 Å². The Labute approximate surface area is 170 Å². The number of rotatable bonds is 9. The van der Waals surface area contributed by atoms with Gasteiger partial charge >= 0.3 is 5.97 Å². The first-order valence-corrected chi connectivity index (χ1v) is 10.4. The molecule has 156 valence electrons. The monoisotopic (exact) mass is 420 g/mol. The molecule has 1 amide bonds. The Balaban J connectivity index is 1.86. The van der Waals surface area contributed by atoms with Crippen LogP contribution in [0.2, 0.25) is 0 Å². The first kappa shape index (κ1) is 22.4. The predicted molar refractivity (Wildman–Crippen MR) is 108 cm³/mol. The van der Waals surface area contributed by atoms with Gasteiger partial charge in [0.15, 0.2) is 6.61 Å². The molecule has 2 aromatic carbocycles. The fraction of sp³-hybridized carbons (Fsp3) is 0.300. The topological polar surface area (TPSA) is 111 Å². The molecule has 9 heteroatoms. The number of amides is 1. The van der Waals surface area contributed by atoms with Crippen molar-refractivity contribution in [3.05, 3.63) is 54.1 Å². The molecule has 0 unspecified atom stereocenters. The van der Waals surface area contributed by atoms with Crippen LogP contribution in [0.5, 0.6) is 5.75 Å². The molecule has 0 aliphatic heterocycles. The van der Waals surface area contributed by atoms with Crippen molar-refractivity contribution >= 4 is 27.6 Å². The van der Waals surface area contributed by atoms with E-state index in [0.717, 1.165) is 12.0 Å². The van der Waals surface area contributed by atoms with E-state index in [-0.39, 0.29) is 4.90 Å². The normalized spacial score (nSPS) is 12.1. The molecule has 0 radical (unpaired) electrons. The molecule has 0 saturated heterocycles. The molecule has 0 spiro atoms. The van der Waals surface area contributed by atoms with Gasteiger partial charge in [-0.2, -0.15) is 4.72 Å². The summed E-state index contributed by atoms with van der Waals surface area (Å²) in [5.74, 6) is -0.877. The van der Waals surface area contributed by atoms with Crippen molar-refractivity contribution in [3.63, 3.8) is 0 Å². The smallest absolute Gasteiger partial charge is 0.324 e. The maximum absolute atomic E-state index is 12.3. The molecule has 1 atom stereocenters. The van der Waals surface area contributed by atoms with E-state index in [1.807, 2.05) is 19.1 Å². The summed E-state index contributed by atoms with van der Waals surface area (Å²) in [6, 6.07) is 11.8. The molecule has 0 bridgehead atoms. The average Bonchev–Trinajstić information content (AvgIpc) is 2.72. The van der Waals surface area contributed by atoms with Crippen molar-refractivity contribution in [3.8, 4) is 5.75 Å². The minimum absolute atomic E-state index is 0.0220. The summed E-state index contributed by atoms with van der Waals surface area (Å²) < 4.78 is 36.8. The zero-order valence-electron chi connectivity index (χ0n) is 16.5. The number of benzene rings is 2. The highest BCUT2D eigenvalue weighted by molar-refractivity contribution is 7.89. The van der Waals surface area contributed by atoms with Gasteiger partial charge in [-0.15, -0.1) is 0 Å². The third-order valence-electron chi connectivity index (χ3n) is 4.05. The summed E-state index contributed by atoms with van der Waals surface area (Å²) in [6.07, 6.45) is 0.885. The van der Waals surface area contributed by atoms with Crippen LogP contribution in [0.15, 0.2) is 53.4 Å². The molecule has 0 fully saturated rings. The van der Waals surface area contributed by atoms with Gasteiger partial charge in [-0.25, -0.2) is 8.42 Å².